The molecule has 2 aromatic rings. The third-order valence-electron chi connectivity index (χ3n) is 3.12. The Morgan fingerprint density at radius 1 is 1.29 bits per heavy atom. The van der Waals surface area contributed by atoms with Crippen molar-refractivity contribution in [3.05, 3.63) is 46.8 Å². The molecule has 0 fully saturated rings. The molecule has 0 aliphatic heterocycles. The first kappa shape index (κ1) is 15.2. The lowest BCUT2D eigenvalue weighted by atomic mass is 10.1. The Hall–Kier alpha value is -2.17. The third kappa shape index (κ3) is 2.96. The highest BCUT2D eigenvalue weighted by atomic mass is 32.2. The number of aryl methyl sites for hydroxylation is 2. The lowest BCUT2D eigenvalue weighted by Crippen LogP contribution is -2.27. The van der Waals surface area contributed by atoms with Crippen molar-refractivity contribution < 1.29 is 12.9 Å². The summed E-state index contributed by atoms with van der Waals surface area (Å²) in [7, 11) is -2.16. The minimum absolute atomic E-state index is 0.110. The van der Waals surface area contributed by atoms with E-state index in [0.29, 0.717) is 11.3 Å². The molecule has 21 heavy (non-hydrogen) atoms. The van der Waals surface area contributed by atoms with Crippen molar-refractivity contribution in [2.45, 2.75) is 25.3 Å². The van der Waals surface area contributed by atoms with Gasteiger partial charge in [-0.1, -0.05) is 17.3 Å². The lowest BCUT2D eigenvalue weighted by molar-refractivity contribution is 0.389. The van der Waals surface area contributed by atoms with Gasteiger partial charge in [-0.3, -0.25) is 0 Å². The number of nitriles is 1. The van der Waals surface area contributed by atoms with E-state index in [4.69, 9.17) is 9.78 Å². The van der Waals surface area contributed by atoms with Crippen LogP contribution in [0.1, 0.15) is 22.6 Å². The van der Waals surface area contributed by atoms with Crippen molar-refractivity contribution in [3.63, 3.8) is 0 Å². The van der Waals surface area contributed by atoms with Gasteiger partial charge in [0.1, 0.15) is 10.6 Å². The van der Waals surface area contributed by atoms with E-state index < -0.39 is 10.0 Å². The highest BCUT2D eigenvalue weighted by molar-refractivity contribution is 7.89. The first-order chi connectivity index (χ1) is 9.86. The zero-order valence-corrected chi connectivity index (χ0v) is 12.8. The van der Waals surface area contributed by atoms with Crippen molar-refractivity contribution in [1.29, 1.82) is 5.26 Å². The molecule has 0 saturated heterocycles. The van der Waals surface area contributed by atoms with Crippen LogP contribution in [0.4, 0.5) is 0 Å². The number of hydrogen-bond donors (Lipinski definition) is 0. The van der Waals surface area contributed by atoms with Gasteiger partial charge in [0.15, 0.2) is 5.76 Å². The number of sulfonamides is 1. The van der Waals surface area contributed by atoms with Crippen molar-refractivity contribution in [2.24, 2.45) is 0 Å². The van der Waals surface area contributed by atoms with E-state index >= 15 is 0 Å². The summed E-state index contributed by atoms with van der Waals surface area (Å²) in [5.41, 5.74) is 1.68. The summed E-state index contributed by atoms with van der Waals surface area (Å²) < 4.78 is 31.2. The molecular weight excluding hydrogens is 290 g/mol. The first-order valence-corrected chi connectivity index (χ1v) is 7.68. The van der Waals surface area contributed by atoms with Gasteiger partial charge in [-0.15, -0.1) is 0 Å². The zero-order chi connectivity index (χ0) is 15.6. The molecule has 0 unspecified atom stereocenters. The fraction of sp³-hybridized carbons (Fsp3) is 0.286. The molecule has 0 atom stereocenters. The summed E-state index contributed by atoms with van der Waals surface area (Å²) in [6, 6.07) is 8.81. The molecular formula is C14H15N3O3S. The Labute approximate surface area is 123 Å². The van der Waals surface area contributed by atoms with Crippen LogP contribution < -0.4 is 0 Å². The summed E-state index contributed by atoms with van der Waals surface area (Å²) in [6.07, 6.45) is 0. The van der Waals surface area contributed by atoms with Crippen molar-refractivity contribution in [2.75, 3.05) is 7.05 Å². The lowest BCUT2D eigenvalue weighted by Gasteiger charge is -2.17. The highest BCUT2D eigenvalue weighted by Gasteiger charge is 2.28. The second-order valence-corrected chi connectivity index (χ2v) is 6.70. The number of hydrogen-bond acceptors (Lipinski definition) is 5. The molecule has 1 aromatic carbocycles. The molecule has 0 aliphatic carbocycles. The summed E-state index contributed by atoms with van der Waals surface area (Å²) in [6.45, 7) is 3.37. The van der Waals surface area contributed by atoms with Crippen molar-refractivity contribution >= 4 is 10.0 Å². The Balaban J connectivity index is 2.27. The quantitative estimate of drug-likeness (QED) is 0.862. The molecule has 0 aliphatic rings. The van der Waals surface area contributed by atoms with Crippen LogP contribution in [0.3, 0.4) is 0 Å². The van der Waals surface area contributed by atoms with Crippen LogP contribution in [0.15, 0.2) is 33.7 Å². The van der Waals surface area contributed by atoms with E-state index in [1.54, 1.807) is 38.1 Å². The van der Waals surface area contributed by atoms with Crippen LogP contribution in [0.5, 0.6) is 0 Å². The molecule has 0 amide bonds. The summed E-state index contributed by atoms with van der Waals surface area (Å²) in [4.78, 5) is 0.110. The van der Waals surface area contributed by atoms with E-state index in [9.17, 15) is 8.42 Å². The van der Waals surface area contributed by atoms with E-state index in [1.807, 2.05) is 6.07 Å². The number of benzene rings is 1. The van der Waals surface area contributed by atoms with Crippen LogP contribution in [0.25, 0.3) is 0 Å². The van der Waals surface area contributed by atoms with Gasteiger partial charge in [0.25, 0.3) is 0 Å². The van der Waals surface area contributed by atoms with E-state index in [0.717, 1.165) is 5.56 Å². The van der Waals surface area contributed by atoms with E-state index in [2.05, 4.69) is 5.16 Å². The molecule has 6 nitrogen and oxygen atoms in total. The molecule has 1 heterocycles. The molecule has 7 heteroatoms. The average molecular weight is 305 g/mol. The topological polar surface area (TPSA) is 87.2 Å². The monoisotopic (exact) mass is 305 g/mol. The second kappa shape index (κ2) is 5.68. The minimum atomic E-state index is -3.66. The SMILES string of the molecule is Cc1noc(C)c1S(=O)(=O)N(C)Cc1ccc(C#N)cc1. The normalized spacial score (nSPS) is 11.6. The maximum Gasteiger partial charge on any atom is 0.248 e. The van der Waals surface area contributed by atoms with Crippen molar-refractivity contribution in [3.8, 4) is 6.07 Å². The van der Waals surface area contributed by atoms with Gasteiger partial charge in [0, 0.05) is 13.6 Å². The number of rotatable bonds is 4. The van der Waals surface area contributed by atoms with Gasteiger partial charge < -0.3 is 4.52 Å². The fourth-order valence-electron chi connectivity index (χ4n) is 2.03. The van der Waals surface area contributed by atoms with Crippen LogP contribution in [0, 0.1) is 25.2 Å². The Morgan fingerprint density at radius 3 is 2.38 bits per heavy atom. The van der Waals surface area contributed by atoms with Gasteiger partial charge in [0.05, 0.1) is 11.6 Å². The molecule has 0 bridgehead atoms. The molecule has 0 radical (unpaired) electrons. The molecule has 1 aromatic heterocycles. The van der Waals surface area contributed by atoms with Gasteiger partial charge in [-0.2, -0.15) is 9.57 Å². The number of nitrogens with zero attached hydrogens (tertiary/aromatic N) is 3. The zero-order valence-electron chi connectivity index (χ0n) is 12.0. The largest absolute Gasteiger partial charge is 0.360 e. The number of aromatic nitrogens is 1. The Morgan fingerprint density at radius 2 is 1.90 bits per heavy atom. The Kier molecular flexibility index (Phi) is 4.11. The molecule has 0 saturated carbocycles. The van der Waals surface area contributed by atoms with E-state index in [1.165, 1.54) is 11.4 Å². The third-order valence-corrected chi connectivity index (χ3v) is 5.17. The first-order valence-electron chi connectivity index (χ1n) is 6.24. The summed E-state index contributed by atoms with van der Waals surface area (Å²) >= 11 is 0. The minimum Gasteiger partial charge on any atom is -0.360 e. The van der Waals surface area contributed by atoms with Crippen molar-refractivity contribution in [1.82, 2.24) is 9.46 Å². The van der Waals surface area contributed by atoms with Crippen LogP contribution >= 0.6 is 0 Å². The summed E-state index contributed by atoms with van der Waals surface area (Å²) in [5.74, 6) is 0.277. The molecule has 110 valence electrons. The van der Waals surface area contributed by atoms with Crippen LogP contribution in [-0.4, -0.2) is 24.9 Å². The summed E-state index contributed by atoms with van der Waals surface area (Å²) in [5, 5.41) is 12.4. The van der Waals surface area contributed by atoms with Gasteiger partial charge in [-0.25, -0.2) is 8.42 Å². The highest BCUT2D eigenvalue weighted by Crippen LogP contribution is 2.23. The second-order valence-electron chi connectivity index (χ2n) is 4.72. The van der Waals surface area contributed by atoms with Gasteiger partial charge in [0.2, 0.25) is 10.0 Å². The molecule has 2 rings (SSSR count). The van der Waals surface area contributed by atoms with E-state index in [-0.39, 0.29) is 17.2 Å². The predicted molar refractivity (Wildman–Crippen MR) is 75.8 cm³/mol. The maximum absolute atomic E-state index is 12.5. The predicted octanol–water partition coefficient (Wildman–Crippen LogP) is 1.98. The average Bonchev–Trinajstić information content (AvgIpc) is 2.79. The smallest absolute Gasteiger partial charge is 0.248 e. The standard InChI is InChI=1S/C14H15N3O3S/c1-10-14(11(2)20-16-10)21(18,19)17(3)9-13-6-4-12(8-15)5-7-13/h4-7H,9H2,1-3H3. The Bertz CT molecular complexity index is 766. The molecule has 0 N–H and O–H groups in total. The van der Waals surface area contributed by atoms with Gasteiger partial charge >= 0.3 is 0 Å². The van der Waals surface area contributed by atoms with Gasteiger partial charge in [-0.05, 0) is 31.5 Å². The molecule has 0 spiro atoms. The fourth-order valence-corrected chi connectivity index (χ4v) is 3.47. The van der Waals surface area contributed by atoms with Crippen LogP contribution in [0.2, 0.25) is 0 Å². The maximum atomic E-state index is 12.5. The van der Waals surface area contributed by atoms with Crippen LogP contribution in [-0.2, 0) is 16.6 Å².